The van der Waals surface area contributed by atoms with Crippen LogP contribution in [0.2, 0.25) is 0 Å². The second-order valence-corrected chi connectivity index (χ2v) is 5.84. The lowest BCUT2D eigenvalue weighted by Crippen LogP contribution is -2.10. The molecular weight excluding hydrogens is 333 g/mol. The summed E-state index contributed by atoms with van der Waals surface area (Å²) >= 11 is 0. The van der Waals surface area contributed by atoms with Crippen molar-refractivity contribution in [2.24, 2.45) is 5.73 Å². The molecule has 0 aromatic carbocycles. The van der Waals surface area contributed by atoms with Crippen molar-refractivity contribution in [1.82, 2.24) is 19.4 Å². The highest BCUT2D eigenvalue weighted by molar-refractivity contribution is 5.91. The minimum absolute atomic E-state index is 0.199. The van der Waals surface area contributed by atoms with Gasteiger partial charge in [0.15, 0.2) is 0 Å². The van der Waals surface area contributed by atoms with Crippen LogP contribution in [0.3, 0.4) is 0 Å². The van der Waals surface area contributed by atoms with Crippen LogP contribution in [0.4, 0.5) is 4.39 Å². The molecule has 0 saturated carbocycles. The molecule has 4 aromatic rings. The molecule has 2 N–H and O–H groups in total. The summed E-state index contributed by atoms with van der Waals surface area (Å²) in [6, 6.07) is 10.4. The molecule has 0 saturated heterocycles. The summed E-state index contributed by atoms with van der Waals surface area (Å²) in [6.07, 6.45) is 5.09. The molecular formula is C19H14FN5O. The van der Waals surface area contributed by atoms with E-state index in [2.05, 4.69) is 15.0 Å². The zero-order valence-electron chi connectivity index (χ0n) is 13.8. The van der Waals surface area contributed by atoms with Crippen LogP contribution in [0, 0.1) is 12.7 Å². The second-order valence-electron chi connectivity index (χ2n) is 5.84. The predicted octanol–water partition coefficient (Wildman–Crippen LogP) is 3.00. The molecule has 0 aliphatic heterocycles. The number of carbonyl (C=O) groups excluding carboxylic acids is 1. The Morgan fingerprint density at radius 3 is 2.73 bits per heavy atom. The fourth-order valence-corrected chi connectivity index (χ4v) is 2.79. The van der Waals surface area contributed by atoms with Crippen molar-refractivity contribution >= 4 is 11.6 Å². The summed E-state index contributed by atoms with van der Waals surface area (Å²) in [5.41, 5.74) is 9.34. The number of rotatable bonds is 3. The third kappa shape index (κ3) is 2.69. The summed E-state index contributed by atoms with van der Waals surface area (Å²) in [6.45, 7) is 1.62. The van der Waals surface area contributed by atoms with E-state index < -0.39 is 5.91 Å². The number of pyridine rings is 3. The lowest BCUT2D eigenvalue weighted by Gasteiger charge is -2.09. The third-order valence-corrected chi connectivity index (χ3v) is 4.09. The molecule has 4 aromatic heterocycles. The molecule has 7 heteroatoms. The van der Waals surface area contributed by atoms with E-state index in [9.17, 15) is 9.18 Å². The molecule has 0 aliphatic rings. The zero-order valence-corrected chi connectivity index (χ0v) is 13.8. The summed E-state index contributed by atoms with van der Waals surface area (Å²) in [7, 11) is 0. The van der Waals surface area contributed by atoms with Gasteiger partial charge in [-0.05, 0) is 37.3 Å². The Hall–Kier alpha value is -3.61. The Morgan fingerprint density at radius 2 is 1.96 bits per heavy atom. The van der Waals surface area contributed by atoms with Crippen molar-refractivity contribution < 1.29 is 9.18 Å². The van der Waals surface area contributed by atoms with Gasteiger partial charge in [0, 0.05) is 29.7 Å². The van der Waals surface area contributed by atoms with Crippen LogP contribution in [0.15, 0.2) is 55.0 Å². The second kappa shape index (κ2) is 6.03. The smallest absolute Gasteiger partial charge is 0.268 e. The first kappa shape index (κ1) is 15.9. The molecule has 0 spiro atoms. The van der Waals surface area contributed by atoms with Crippen LogP contribution >= 0.6 is 0 Å². The molecule has 128 valence electrons. The van der Waals surface area contributed by atoms with Crippen molar-refractivity contribution in [1.29, 1.82) is 0 Å². The van der Waals surface area contributed by atoms with Gasteiger partial charge in [-0.1, -0.05) is 6.07 Å². The van der Waals surface area contributed by atoms with Gasteiger partial charge in [0.2, 0.25) is 0 Å². The maximum absolute atomic E-state index is 13.5. The van der Waals surface area contributed by atoms with Crippen molar-refractivity contribution in [3.05, 3.63) is 72.2 Å². The lowest BCUT2D eigenvalue weighted by molar-refractivity contribution is 0.0996. The van der Waals surface area contributed by atoms with E-state index in [-0.39, 0.29) is 11.5 Å². The van der Waals surface area contributed by atoms with Crippen LogP contribution in [-0.2, 0) is 0 Å². The predicted molar refractivity (Wildman–Crippen MR) is 94.9 cm³/mol. The van der Waals surface area contributed by atoms with Gasteiger partial charge in [0.05, 0.1) is 17.1 Å². The van der Waals surface area contributed by atoms with E-state index in [0.717, 1.165) is 11.1 Å². The van der Waals surface area contributed by atoms with Crippen molar-refractivity contribution in [2.75, 3.05) is 0 Å². The highest BCUT2D eigenvalue weighted by Crippen LogP contribution is 2.29. The summed E-state index contributed by atoms with van der Waals surface area (Å²) in [5.74, 6) is -0.937. The van der Waals surface area contributed by atoms with E-state index >= 15 is 0 Å². The van der Waals surface area contributed by atoms with Gasteiger partial charge in [0.25, 0.3) is 5.91 Å². The number of nitrogens with zero attached hydrogens (tertiary/aromatic N) is 4. The Labute approximate surface area is 148 Å². The maximum Gasteiger partial charge on any atom is 0.268 e. The first-order chi connectivity index (χ1) is 12.5. The summed E-state index contributed by atoms with van der Waals surface area (Å²) < 4.78 is 15.3. The average molecular weight is 347 g/mol. The van der Waals surface area contributed by atoms with Crippen LogP contribution in [0.1, 0.15) is 16.2 Å². The van der Waals surface area contributed by atoms with Crippen LogP contribution < -0.4 is 5.73 Å². The first-order valence-corrected chi connectivity index (χ1v) is 7.90. The van der Waals surface area contributed by atoms with E-state index in [0.29, 0.717) is 22.7 Å². The fourth-order valence-electron chi connectivity index (χ4n) is 2.79. The fraction of sp³-hybridized carbons (Fsp3) is 0.0526. The van der Waals surface area contributed by atoms with Gasteiger partial charge in [0.1, 0.15) is 17.2 Å². The van der Waals surface area contributed by atoms with Crippen molar-refractivity contribution in [3.8, 4) is 22.5 Å². The van der Waals surface area contributed by atoms with E-state index in [1.54, 1.807) is 35.9 Å². The molecule has 4 rings (SSSR count). The molecule has 0 aliphatic carbocycles. The van der Waals surface area contributed by atoms with Gasteiger partial charge in [-0.25, -0.2) is 14.4 Å². The quantitative estimate of drug-likeness (QED) is 0.617. The molecule has 4 heterocycles. The number of primary amides is 1. The molecule has 26 heavy (non-hydrogen) atoms. The van der Waals surface area contributed by atoms with Gasteiger partial charge in [-0.15, -0.1) is 0 Å². The Bertz CT molecular complexity index is 1150. The minimum atomic E-state index is -0.580. The van der Waals surface area contributed by atoms with Gasteiger partial charge >= 0.3 is 0 Å². The Morgan fingerprint density at radius 1 is 1.12 bits per heavy atom. The van der Waals surface area contributed by atoms with E-state index in [4.69, 9.17) is 5.73 Å². The topological polar surface area (TPSA) is 86.2 Å². The number of hydrogen-bond acceptors (Lipinski definition) is 4. The summed E-state index contributed by atoms with van der Waals surface area (Å²) in [5, 5.41) is 0. The molecule has 0 bridgehead atoms. The number of hydrogen-bond donors (Lipinski definition) is 1. The molecule has 0 unspecified atom stereocenters. The van der Waals surface area contributed by atoms with Gasteiger partial charge in [-0.2, -0.15) is 0 Å². The average Bonchev–Trinajstić information content (AvgIpc) is 3.08. The van der Waals surface area contributed by atoms with Crippen LogP contribution in [0.25, 0.3) is 28.2 Å². The van der Waals surface area contributed by atoms with E-state index in [1.807, 2.05) is 24.4 Å². The Balaban J connectivity index is 1.87. The molecule has 0 atom stereocenters. The monoisotopic (exact) mass is 347 g/mol. The number of carbonyl (C=O) groups is 1. The molecule has 1 amide bonds. The Kier molecular flexibility index (Phi) is 3.69. The highest BCUT2D eigenvalue weighted by atomic mass is 19.1. The molecule has 0 fully saturated rings. The van der Waals surface area contributed by atoms with Crippen LogP contribution in [-0.4, -0.2) is 25.3 Å². The normalized spacial score (nSPS) is 11.0. The maximum atomic E-state index is 13.5. The third-order valence-electron chi connectivity index (χ3n) is 4.09. The number of nitrogens with two attached hydrogens (primary N) is 1. The SMILES string of the molecule is Cc1nc(-c2ncccc2-c2ccc3nc(C(N)=O)cn3c2)ccc1F. The minimum Gasteiger partial charge on any atom is -0.364 e. The molecule has 0 radical (unpaired) electrons. The highest BCUT2D eigenvalue weighted by Gasteiger charge is 2.13. The van der Waals surface area contributed by atoms with Crippen molar-refractivity contribution in [2.45, 2.75) is 6.92 Å². The number of amides is 1. The number of imidazole rings is 1. The van der Waals surface area contributed by atoms with Gasteiger partial charge in [-0.3, -0.25) is 9.78 Å². The first-order valence-electron chi connectivity index (χ1n) is 7.90. The van der Waals surface area contributed by atoms with E-state index in [1.165, 1.54) is 6.07 Å². The number of fused-ring (bicyclic) bond motifs is 1. The van der Waals surface area contributed by atoms with Crippen molar-refractivity contribution in [3.63, 3.8) is 0 Å². The van der Waals surface area contributed by atoms with Crippen LogP contribution in [0.5, 0.6) is 0 Å². The summed E-state index contributed by atoms with van der Waals surface area (Å²) in [4.78, 5) is 24.2. The number of aromatic nitrogens is 4. The van der Waals surface area contributed by atoms with Gasteiger partial charge < -0.3 is 10.1 Å². The molecule has 6 nitrogen and oxygen atoms in total. The number of halogens is 1. The number of aryl methyl sites for hydroxylation is 1. The lowest BCUT2D eigenvalue weighted by atomic mass is 10.0. The zero-order chi connectivity index (χ0) is 18.3. The standard InChI is InChI=1S/C19H14FN5O/c1-11-14(20)5-6-15(23-11)18-13(3-2-8-22-18)12-4-7-17-24-16(19(21)26)10-25(17)9-12/h2-10H,1H3,(H2,21,26). The largest absolute Gasteiger partial charge is 0.364 e.